The predicted molar refractivity (Wildman–Crippen MR) is 55.7 cm³/mol. The van der Waals surface area contributed by atoms with E-state index in [4.69, 9.17) is 0 Å². The van der Waals surface area contributed by atoms with Crippen LogP contribution in [0.3, 0.4) is 0 Å². The van der Waals surface area contributed by atoms with E-state index < -0.39 is 16.0 Å². The second-order valence-corrected chi connectivity index (χ2v) is 4.91. The zero-order valence-electron chi connectivity index (χ0n) is 7.21. The van der Waals surface area contributed by atoms with E-state index in [1.54, 1.807) is 0 Å². The summed E-state index contributed by atoms with van der Waals surface area (Å²) in [6, 6.07) is 3.95. The Bertz CT molecular complexity index is 435. The lowest BCUT2D eigenvalue weighted by Gasteiger charge is -2.06. The van der Waals surface area contributed by atoms with E-state index in [0.717, 1.165) is 6.07 Å². The molecular weight excluding hydrogens is 275 g/mol. The van der Waals surface area contributed by atoms with Gasteiger partial charge in [0, 0.05) is 7.05 Å². The molecule has 0 saturated carbocycles. The van der Waals surface area contributed by atoms with Gasteiger partial charge < -0.3 is 0 Å². The molecule has 0 atom stereocenters. The van der Waals surface area contributed by atoms with E-state index in [9.17, 15) is 12.8 Å². The van der Waals surface area contributed by atoms with Crippen molar-refractivity contribution in [3.8, 4) is 0 Å². The molecule has 14 heavy (non-hydrogen) atoms. The Balaban J connectivity index is 2.94. The van der Waals surface area contributed by atoms with Crippen LogP contribution in [0.5, 0.6) is 0 Å². The number of benzene rings is 1. The number of rotatable bonds is 3. The molecule has 0 radical (unpaired) electrons. The summed E-state index contributed by atoms with van der Waals surface area (Å²) >= 11 is 2.96. The number of hydrogen-bond donors (Lipinski definition) is 2. The average Bonchev–Trinajstić information content (AvgIpc) is 2.11. The first-order valence-corrected chi connectivity index (χ1v) is 5.88. The van der Waals surface area contributed by atoms with Gasteiger partial charge in [0.15, 0.2) is 0 Å². The molecule has 0 unspecified atom stereocenters. The molecule has 78 valence electrons. The van der Waals surface area contributed by atoms with Crippen molar-refractivity contribution in [1.29, 1.82) is 0 Å². The number of hydrogen-bond acceptors (Lipinski definition) is 2. The van der Waals surface area contributed by atoms with Crippen molar-refractivity contribution >= 4 is 31.8 Å². The van der Waals surface area contributed by atoms with Crippen LogP contribution in [0.1, 0.15) is 0 Å². The second-order valence-electron chi connectivity index (χ2n) is 2.44. The van der Waals surface area contributed by atoms with Crippen LogP contribution in [-0.2, 0) is 10.2 Å². The van der Waals surface area contributed by atoms with Crippen molar-refractivity contribution < 1.29 is 12.8 Å². The standard InChI is InChI=1S/C7H8BrFN2O2S/c1-10-14(12,13)11-5-2-3-6(8)7(9)4-5/h2-4,10-11H,1H3. The first-order chi connectivity index (χ1) is 6.44. The molecule has 0 fully saturated rings. The van der Waals surface area contributed by atoms with Crippen molar-refractivity contribution in [2.45, 2.75) is 0 Å². The Morgan fingerprint density at radius 2 is 2.07 bits per heavy atom. The Kier molecular flexibility index (Phi) is 3.46. The SMILES string of the molecule is CNS(=O)(=O)Nc1ccc(Br)c(F)c1. The number of anilines is 1. The lowest BCUT2D eigenvalue weighted by molar-refractivity contribution is 0.593. The minimum Gasteiger partial charge on any atom is -0.271 e. The fraction of sp³-hybridized carbons (Fsp3) is 0.143. The van der Waals surface area contributed by atoms with Gasteiger partial charge in [0.1, 0.15) is 5.82 Å². The van der Waals surface area contributed by atoms with Gasteiger partial charge in [-0.15, -0.1) is 0 Å². The number of halogens is 2. The molecule has 4 nitrogen and oxygen atoms in total. The minimum absolute atomic E-state index is 0.167. The lowest BCUT2D eigenvalue weighted by Crippen LogP contribution is -2.26. The molecule has 7 heteroatoms. The van der Waals surface area contributed by atoms with Crippen LogP contribution in [0, 0.1) is 5.82 Å². The molecule has 0 spiro atoms. The summed E-state index contributed by atoms with van der Waals surface area (Å²) in [6.45, 7) is 0. The van der Waals surface area contributed by atoms with Crippen molar-refractivity contribution in [2.24, 2.45) is 0 Å². The van der Waals surface area contributed by atoms with Gasteiger partial charge in [0.2, 0.25) is 0 Å². The zero-order chi connectivity index (χ0) is 10.8. The molecule has 1 rings (SSSR count). The van der Waals surface area contributed by atoms with E-state index in [2.05, 4.69) is 25.4 Å². The van der Waals surface area contributed by atoms with E-state index >= 15 is 0 Å². The molecule has 1 aromatic rings. The zero-order valence-corrected chi connectivity index (χ0v) is 9.62. The van der Waals surface area contributed by atoms with Crippen molar-refractivity contribution in [3.63, 3.8) is 0 Å². The molecule has 0 heterocycles. The van der Waals surface area contributed by atoms with Crippen LogP contribution in [0.4, 0.5) is 10.1 Å². The summed E-state index contributed by atoms with van der Waals surface area (Å²) in [5, 5.41) is 0. The van der Waals surface area contributed by atoms with Crippen LogP contribution in [-0.4, -0.2) is 15.5 Å². The molecule has 0 amide bonds. The summed E-state index contributed by atoms with van der Waals surface area (Å²) in [5.74, 6) is -0.527. The highest BCUT2D eigenvalue weighted by Gasteiger charge is 2.07. The van der Waals surface area contributed by atoms with Crippen molar-refractivity contribution in [2.75, 3.05) is 11.8 Å². The summed E-state index contributed by atoms with van der Waals surface area (Å²) in [6.07, 6.45) is 0. The van der Waals surface area contributed by atoms with Crippen LogP contribution in [0.25, 0.3) is 0 Å². The molecule has 2 N–H and O–H groups in total. The van der Waals surface area contributed by atoms with Crippen molar-refractivity contribution in [3.05, 3.63) is 28.5 Å². The summed E-state index contributed by atoms with van der Waals surface area (Å²) in [4.78, 5) is 0. The van der Waals surface area contributed by atoms with Crippen LogP contribution >= 0.6 is 15.9 Å². The van der Waals surface area contributed by atoms with Crippen LogP contribution in [0.2, 0.25) is 0 Å². The summed E-state index contributed by atoms with van der Waals surface area (Å²) in [5.41, 5.74) is 0.167. The quantitative estimate of drug-likeness (QED) is 0.882. The van der Waals surface area contributed by atoms with Gasteiger partial charge in [-0.05, 0) is 34.1 Å². The third-order valence-electron chi connectivity index (χ3n) is 1.44. The lowest BCUT2D eigenvalue weighted by atomic mass is 10.3. The molecule has 0 aliphatic heterocycles. The van der Waals surface area contributed by atoms with Crippen molar-refractivity contribution in [1.82, 2.24) is 4.72 Å². The predicted octanol–water partition coefficient (Wildman–Crippen LogP) is 1.46. The van der Waals surface area contributed by atoms with Gasteiger partial charge in [-0.25, -0.2) is 9.11 Å². The van der Waals surface area contributed by atoms with E-state index in [1.807, 2.05) is 0 Å². The van der Waals surface area contributed by atoms with Gasteiger partial charge >= 0.3 is 0 Å². The smallest absolute Gasteiger partial charge is 0.271 e. The van der Waals surface area contributed by atoms with Crippen LogP contribution in [0.15, 0.2) is 22.7 Å². The molecule has 0 aliphatic rings. The van der Waals surface area contributed by atoms with E-state index in [-0.39, 0.29) is 10.2 Å². The monoisotopic (exact) mass is 282 g/mol. The first kappa shape index (κ1) is 11.4. The normalized spacial score (nSPS) is 11.4. The first-order valence-electron chi connectivity index (χ1n) is 3.61. The largest absolute Gasteiger partial charge is 0.298 e. The molecule has 0 aliphatic carbocycles. The molecule has 0 saturated heterocycles. The van der Waals surface area contributed by atoms with Crippen LogP contribution < -0.4 is 9.44 Å². The Labute approximate surface area is 89.8 Å². The maximum atomic E-state index is 13.0. The van der Waals surface area contributed by atoms with Gasteiger partial charge in [0.25, 0.3) is 10.2 Å². The Morgan fingerprint density at radius 1 is 1.43 bits per heavy atom. The molecule has 1 aromatic carbocycles. The maximum Gasteiger partial charge on any atom is 0.298 e. The number of nitrogens with one attached hydrogen (secondary N) is 2. The van der Waals surface area contributed by atoms with Gasteiger partial charge in [0.05, 0.1) is 10.2 Å². The van der Waals surface area contributed by atoms with E-state index in [1.165, 1.54) is 19.2 Å². The van der Waals surface area contributed by atoms with Gasteiger partial charge in [-0.1, -0.05) is 0 Å². The molecule has 0 aromatic heterocycles. The third-order valence-corrected chi connectivity index (χ3v) is 3.13. The fourth-order valence-corrected chi connectivity index (χ4v) is 1.55. The highest BCUT2D eigenvalue weighted by atomic mass is 79.9. The molecule has 0 bridgehead atoms. The molecular formula is C7H8BrFN2O2S. The minimum atomic E-state index is -3.58. The highest BCUT2D eigenvalue weighted by Crippen LogP contribution is 2.19. The highest BCUT2D eigenvalue weighted by molar-refractivity contribution is 9.10. The van der Waals surface area contributed by atoms with Gasteiger partial charge in [-0.2, -0.15) is 8.42 Å². The van der Waals surface area contributed by atoms with E-state index in [0.29, 0.717) is 0 Å². The Morgan fingerprint density at radius 3 is 2.57 bits per heavy atom. The van der Waals surface area contributed by atoms with Gasteiger partial charge in [-0.3, -0.25) is 4.72 Å². The third kappa shape index (κ3) is 2.93. The second kappa shape index (κ2) is 4.24. The Hall–Kier alpha value is -0.660. The summed E-state index contributed by atoms with van der Waals surface area (Å²) < 4.78 is 39.4. The topological polar surface area (TPSA) is 58.2 Å². The summed E-state index contributed by atoms with van der Waals surface area (Å²) in [7, 11) is -2.32. The average molecular weight is 283 g/mol. The fourth-order valence-electron chi connectivity index (χ4n) is 0.766. The maximum absolute atomic E-state index is 13.0.